The number of benzene rings is 3. The van der Waals surface area contributed by atoms with E-state index < -0.39 is 0 Å². The standard InChI is InChI=1S/C28H24N4O2/c1-31(26(33)17-24-20-34-28(29-24)22-13-7-3-8-14-22)18-23-19-32(25-15-9-4-10-16-25)30-27(23)21-11-5-2-6-12-21/h2-16,19-20H,17-18H2,1H3. The van der Waals surface area contributed by atoms with Gasteiger partial charge in [0.15, 0.2) is 0 Å². The van der Waals surface area contributed by atoms with Crippen LogP contribution in [-0.2, 0) is 17.8 Å². The van der Waals surface area contributed by atoms with E-state index in [0.29, 0.717) is 18.1 Å². The number of oxazole rings is 1. The van der Waals surface area contributed by atoms with E-state index in [1.54, 1.807) is 18.2 Å². The lowest BCUT2D eigenvalue weighted by Crippen LogP contribution is -2.27. The first-order chi connectivity index (χ1) is 16.7. The Morgan fingerprint density at radius 2 is 1.50 bits per heavy atom. The summed E-state index contributed by atoms with van der Waals surface area (Å²) in [6.45, 7) is 0.430. The van der Waals surface area contributed by atoms with Crippen molar-refractivity contribution in [2.24, 2.45) is 0 Å². The van der Waals surface area contributed by atoms with Gasteiger partial charge in [0.1, 0.15) is 6.26 Å². The van der Waals surface area contributed by atoms with Crippen LogP contribution in [0.5, 0.6) is 0 Å². The van der Waals surface area contributed by atoms with E-state index in [1.165, 1.54) is 0 Å². The number of hydrogen-bond acceptors (Lipinski definition) is 4. The third-order valence-corrected chi connectivity index (χ3v) is 5.60. The molecule has 34 heavy (non-hydrogen) atoms. The van der Waals surface area contributed by atoms with Crippen LogP contribution in [0.4, 0.5) is 0 Å². The Morgan fingerprint density at radius 1 is 0.882 bits per heavy atom. The average Bonchev–Trinajstić information content (AvgIpc) is 3.53. The van der Waals surface area contributed by atoms with Crippen LogP contribution < -0.4 is 0 Å². The fourth-order valence-corrected chi connectivity index (χ4v) is 3.81. The average molecular weight is 449 g/mol. The summed E-state index contributed by atoms with van der Waals surface area (Å²) in [6, 6.07) is 29.6. The second-order valence-corrected chi connectivity index (χ2v) is 8.09. The van der Waals surface area contributed by atoms with Gasteiger partial charge < -0.3 is 9.32 Å². The van der Waals surface area contributed by atoms with Gasteiger partial charge in [0, 0.05) is 36.5 Å². The van der Waals surface area contributed by atoms with Crippen LogP contribution in [0, 0.1) is 0 Å². The van der Waals surface area contributed by atoms with Crippen molar-refractivity contribution in [3.8, 4) is 28.4 Å². The van der Waals surface area contributed by atoms with Crippen molar-refractivity contribution in [3.05, 3.63) is 115 Å². The van der Waals surface area contributed by atoms with Crippen LogP contribution in [0.15, 0.2) is 108 Å². The van der Waals surface area contributed by atoms with E-state index >= 15 is 0 Å². The monoisotopic (exact) mass is 448 g/mol. The first-order valence-electron chi connectivity index (χ1n) is 11.1. The van der Waals surface area contributed by atoms with E-state index in [-0.39, 0.29) is 12.3 Å². The summed E-state index contributed by atoms with van der Waals surface area (Å²) in [4.78, 5) is 19.2. The highest BCUT2D eigenvalue weighted by Crippen LogP contribution is 2.25. The van der Waals surface area contributed by atoms with Crippen LogP contribution >= 0.6 is 0 Å². The van der Waals surface area contributed by atoms with Gasteiger partial charge in [-0.3, -0.25) is 4.79 Å². The molecule has 0 fully saturated rings. The minimum absolute atomic E-state index is 0.0422. The first-order valence-corrected chi connectivity index (χ1v) is 11.1. The summed E-state index contributed by atoms with van der Waals surface area (Å²) >= 11 is 0. The zero-order valence-electron chi connectivity index (χ0n) is 18.8. The Balaban J connectivity index is 1.35. The van der Waals surface area contributed by atoms with Crippen LogP contribution in [0.2, 0.25) is 0 Å². The maximum Gasteiger partial charge on any atom is 0.228 e. The van der Waals surface area contributed by atoms with E-state index in [2.05, 4.69) is 4.98 Å². The lowest BCUT2D eigenvalue weighted by atomic mass is 10.1. The Bertz CT molecular complexity index is 1380. The number of rotatable bonds is 7. The number of hydrogen-bond donors (Lipinski definition) is 0. The van der Waals surface area contributed by atoms with Crippen molar-refractivity contribution < 1.29 is 9.21 Å². The first kappa shape index (κ1) is 21.4. The Morgan fingerprint density at radius 3 is 2.18 bits per heavy atom. The van der Waals surface area contributed by atoms with Gasteiger partial charge in [0.25, 0.3) is 0 Å². The largest absolute Gasteiger partial charge is 0.444 e. The number of carbonyl (C=O) groups excluding carboxylic acids is 1. The number of likely N-dealkylation sites (N-methyl/N-ethyl adjacent to an activating group) is 1. The van der Waals surface area contributed by atoms with Gasteiger partial charge >= 0.3 is 0 Å². The van der Waals surface area contributed by atoms with Crippen molar-refractivity contribution in [1.82, 2.24) is 19.7 Å². The molecule has 0 radical (unpaired) electrons. The molecule has 5 aromatic rings. The van der Waals surface area contributed by atoms with Crippen LogP contribution in [0.3, 0.4) is 0 Å². The van der Waals surface area contributed by atoms with E-state index in [4.69, 9.17) is 9.52 Å². The van der Waals surface area contributed by atoms with Crippen molar-refractivity contribution in [2.75, 3.05) is 7.05 Å². The molecule has 0 saturated carbocycles. The number of nitrogens with zero attached hydrogens (tertiary/aromatic N) is 4. The maximum atomic E-state index is 13.0. The van der Waals surface area contributed by atoms with E-state index in [1.807, 2.05) is 102 Å². The van der Waals surface area contributed by atoms with Crippen molar-refractivity contribution in [3.63, 3.8) is 0 Å². The second-order valence-electron chi connectivity index (χ2n) is 8.09. The minimum atomic E-state index is -0.0422. The summed E-state index contributed by atoms with van der Waals surface area (Å²) in [5, 5.41) is 4.84. The van der Waals surface area contributed by atoms with Crippen LogP contribution in [0.25, 0.3) is 28.4 Å². The summed E-state index contributed by atoms with van der Waals surface area (Å²) in [7, 11) is 1.80. The summed E-state index contributed by atoms with van der Waals surface area (Å²) in [5.41, 5.74) is 5.30. The van der Waals surface area contributed by atoms with Crippen LogP contribution in [0.1, 0.15) is 11.3 Å². The van der Waals surface area contributed by atoms with Gasteiger partial charge in [-0.25, -0.2) is 9.67 Å². The third-order valence-electron chi connectivity index (χ3n) is 5.60. The molecule has 5 rings (SSSR count). The molecular formula is C28H24N4O2. The molecule has 0 aliphatic carbocycles. The van der Waals surface area contributed by atoms with E-state index in [9.17, 15) is 4.79 Å². The van der Waals surface area contributed by atoms with Gasteiger partial charge in [-0.1, -0.05) is 66.7 Å². The minimum Gasteiger partial charge on any atom is -0.444 e. The second kappa shape index (κ2) is 9.58. The molecule has 0 atom stereocenters. The SMILES string of the molecule is CN(Cc1cn(-c2ccccc2)nc1-c1ccccc1)C(=O)Cc1coc(-c2ccccc2)n1. The lowest BCUT2D eigenvalue weighted by molar-refractivity contribution is -0.129. The molecule has 2 heterocycles. The molecule has 3 aromatic carbocycles. The molecule has 0 saturated heterocycles. The number of amides is 1. The molecule has 168 valence electrons. The zero-order valence-corrected chi connectivity index (χ0v) is 18.8. The van der Waals surface area contributed by atoms with Gasteiger partial charge in [-0.05, 0) is 24.3 Å². The van der Waals surface area contributed by atoms with Gasteiger partial charge in [0.2, 0.25) is 11.8 Å². The molecule has 0 unspecified atom stereocenters. The van der Waals surface area contributed by atoms with Crippen LogP contribution in [-0.4, -0.2) is 32.6 Å². The molecule has 2 aromatic heterocycles. The summed E-state index contributed by atoms with van der Waals surface area (Å²) < 4.78 is 7.44. The van der Waals surface area contributed by atoms with Crippen molar-refractivity contribution >= 4 is 5.91 Å². The third kappa shape index (κ3) is 4.66. The highest BCUT2D eigenvalue weighted by Gasteiger charge is 2.18. The Labute approximate surface area is 198 Å². The number of para-hydroxylation sites is 1. The fourth-order valence-electron chi connectivity index (χ4n) is 3.81. The Kier molecular flexibility index (Phi) is 6.03. The van der Waals surface area contributed by atoms with Crippen molar-refractivity contribution in [1.29, 1.82) is 0 Å². The molecular weight excluding hydrogens is 424 g/mol. The molecule has 0 spiro atoms. The van der Waals surface area contributed by atoms with E-state index in [0.717, 1.165) is 28.1 Å². The smallest absolute Gasteiger partial charge is 0.228 e. The summed E-state index contributed by atoms with van der Waals surface area (Å²) in [6.07, 6.45) is 3.71. The lowest BCUT2D eigenvalue weighted by Gasteiger charge is -2.16. The molecule has 6 nitrogen and oxygen atoms in total. The Hall–Kier alpha value is -4.45. The topological polar surface area (TPSA) is 64.2 Å². The molecule has 0 aliphatic rings. The van der Waals surface area contributed by atoms with Gasteiger partial charge in [-0.2, -0.15) is 5.10 Å². The number of aromatic nitrogens is 3. The quantitative estimate of drug-likeness (QED) is 0.335. The fraction of sp³-hybridized carbons (Fsp3) is 0.107. The zero-order chi connectivity index (χ0) is 23.3. The summed E-state index contributed by atoms with van der Waals surface area (Å²) in [5.74, 6) is 0.473. The molecule has 0 bridgehead atoms. The molecule has 0 aliphatic heterocycles. The number of carbonyl (C=O) groups is 1. The molecule has 0 N–H and O–H groups in total. The van der Waals surface area contributed by atoms with Crippen molar-refractivity contribution in [2.45, 2.75) is 13.0 Å². The predicted octanol–water partition coefficient (Wildman–Crippen LogP) is 5.40. The highest BCUT2D eigenvalue weighted by atomic mass is 16.3. The van der Waals surface area contributed by atoms with Gasteiger partial charge in [-0.15, -0.1) is 0 Å². The predicted molar refractivity (Wildman–Crippen MR) is 131 cm³/mol. The molecule has 6 heteroatoms. The van der Waals surface area contributed by atoms with Gasteiger partial charge in [0.05, 0.1) is 23.5 Å². The maximum absolute atomic E-state index is 13.0. The normalized spacial score (nSPS) is 10.9. The molecule has 1 amide bonds. The highest BCUT2D eigenvalue weighted by molar-refractivity contribution is 5.78.